The van der Waals surface area contributed by atoms with Gasteiger partial charge in [-0.3, -0.25) is 0 Å². The first-order valence-corrected chi connectivity index (χ1v) is 7.97. The predicted molar refractivity (Wildman–Crippen MR) is 85.3 cm³/mol. The summed E-state index contributed by atoms with van der Waals surface area (Å²) in [7, 11) is 0. The van der Waals surface area contributed by atoms with Crippen molar-refractivity contribution < 1.29 is 0 Å². The number of nitrogens with one attached hydrogen (secondary N) is 2. The van der Waals surface area contributed by atoms with Gasteiger partial charge in [-0.15, -0.1) is 0 Å². The second kappa shape index (κ2) is 6.91. The molecular weight excluding hydrogens is 248 g/mol. The van der Waals surface area contributed by atoms with E-state index in [2.05, 4.69) is 48.3 Å². The van der Waals surface area contributed by atoms with Gasteiger partial charge in [0.05, 0.1) is 0 Å². The molecule has 1 unspecified atom stereocenters. The van der Waals surface area contributed by atoms with E-state index < -0.39 is 0 Å². The molecule has 1 heterocycles. The van der Waals surface area contributed by atoms with Crippen molar-refractivity contribution in [2.24, 2.45) is 5.92 Å². The quantitative estimate of drug-likeness (QED) is 0.753. The summed E-state index contributed by atoms with van der Waals surface area (Å²) >= 11 is 0. The van der Waals surface area contributed by atoms with Crippen molar-refractivity contribution in [3.63, 3.8) is 0 Å². The second-order valence-corrected chi connectivity index (χ2v) is 6.29. The first-order chi connectivity index (χ1) is 9.61. The van der Waals surface area contributed by atoms with Gasteiger partial charge in [0.15, 0.2) is 0 Å². The molecule has 2 N–H and O–H groups in total. The Morgan fingerprint density at radius 2 is 1.90 bits per heavy atom. The highest BCUT2D eigenvalue weighted by Crippen LogP contribution is 2.35. The molecule has 2 rings (SSSR count). The summed E-state index contributed by atoms with van der Waals surface area (Å²) in [5, 5.41) is 7.01. The molecule has 1 aliphatic carbocycles. The van der Waals surface area contributed by atoms with Gasteiger partial charge in [0, 0.05) is 18.2 Å². The monoisotopic (exact) mass is 276 g/mol. The number of aromatic nitrogens is 2. The first-order valence-electron chi connectivity index (χ1n) is 7.97. The van der Waals surface area contributed by atoms with Gasteiger partial charge in [-0.05, 0) is 31.6 Å². The van der Waals surface area contributed by atoms with Crippen LogP contribution in [0.15, 0.2) is 6.33 Å². The topological polar surface area (TPSA) is 49.8 Å². The lowest BCUT2D eigenvalue weighted by Gasteiger charge is -2.21. The minimum atomic E-state index is 0.409. The van der Waals surface area contributed by atoms with E-state index in [0.717, 1.165) is 30.5 Å². The van der Waals surface area contributed by atoms with Crippen LogP contribution in [0.3, 0.4) is 0 Å². The van der Waals surface area contributed by atoms with Crippen molar-refractivity contribution in [3.05, 3.63) is 11.9 Å². The van der Waals surface area contributed by atoms with Gasteiger partial charge < -0.3 is 10.6 Å². The molecule has 1 saturated carbocycles. The lowest BCUT2D eigenvalue weighted by atomic mass is 10.0. The summed E-state index contributed by atoms with van der Waals surface area (Å²) in [6.45, 7) is 9.77. The average Bonchev–Trinajstić information content (AvgIpc) is 3.19. The van der Waals surface area contributed by atoms with Gasteiger partial charge in [-0.1, -0.05) is 33.6 Å². The van der Waals surface area contributed by atoms with Gasteiger partial charge in [-0.25, -0.2) is 9.97 Å². The molecule has 112 valence electrons. The van der Waals surface area contributed by atoms with Gasteiger partial charge in [0.1, 0.15) is 18.0 Å². The van der Waals surface area contributed by atoms with Crippen molar-refractivity contribution in [2.45, 2.75) is 65.3 Å². The fourth-order valence-corrected chi connectivity index (χ4v) is 2.59. The van der Waals surface area contributed by atoms with Crippen LogP contribution in [-0.4, -0.2) is 22.6 Å². The van der Waals surface area contributed by atoms with Crippen LogP contribution < -0.4 is 10.6 Å². The number of anilines is 2. The third kappa shape index (κ3) is 4.09. The summed E-state index contributed by atoms with van der Waals surface area (Å²) in [6.07, 6.45) is 6.81. The van der Waals surface area contributed by atoms with Crippen LogP contribution in [0.25, 0.3) is 0 Å². The Hall–Kier alpha value is -1.32. The molecule has 1 aromatic heterocycles. The highest BCUT2D eigenvalue weighted by molar-refractivity contribution is 5.59. The van der Waals surface area contributed by atoms with Crippen LogP contribution in [0, 0.1) is 5.92 Å². The van der Waals surface area contributed by atoms with Crippen molar-refractivity contribution in [2.75, 3.05) is 17.2 Å². The van der Waals surface area contributed by atoms with Gasteiger partial charge >= 0.3 is 0 Å². The molecule has 0 bridgehead atoms. The third-order valence-corrected chi connectivity index (χ3v) is 3.77. The molecular formula is C16H28N4. The second-order valence-electron chi connectivity index (χ2n) is 6.29. The van der Waals surface area contributed by atoms with E-state index in [4.69, 9.17) is 0 Å². The standard InChI is InChI=1S/C16H28N4/c1-5-8-17-15-14(11(2)3)16(19-10-18-15)20-12(4)9-13-6-7-13/h10-13H,5-9H2,1-4H3,(H2,17,18,19,20). The fraction of sp³-hybridized carbons (Fsp3) is 0.750. The van der Waals surface area contributed by atoms with E-state index in [1.165, 1.54) is 24.8 Å². The molecule has 1 aromatic rings. The summed E-state index contributed by atoms with van der Waals surface area (Å²) < 4.78 is 0. The maximum Gasteiger partial charge on any atom is 0.135 e. The number of hydrogen-bond acceptors (Lipinski definition) is 4. The van der Waals surface area contributed by atoms with E-state index in [-0.39, 0.29) is 0 Å². The molecule has 0 aliphatic heterocycles. The maximum atomic E-state index is 4.47. The Balaban J connectivity index is 2.12. The maximum absolute atomic E-state index is 4.47. The van der Waals surface area contributed by atoms with Crippen LogP contribution in [-0.2, 0) is 0 Å². The molecule has 0 amide bonds. The average molecular weight is 276 g/mol. The van der Waals surface area contributed by atoms with Crippen LogP contribution >= 0.6 is 0 Å². The predicted octanol–water partition coefficient (Wildman–Crippen LogP) is 4.02. The lowest BCUT2D eigenvalue weighted by molar-refractivity contribution is 0.638. The Morgan fingerprint density at radius 1 is 1.20 bits per heavy atom. The van der Waals surface area contributed by atoms with Gasteiger partial charge in [-0.2, -0.15) is 0 Å². The van der Waals surface area contributed by atoms with Crippen molar-refractivity contribution >= 4 is 11.6 Å². The SMILES string of the molecule is CCCNc1ncnc(NC(C)CC2CC2)c1C(C)C. The van der Waals surface area contributed by atoms with Crippen LogP contribution in [0.2, 0.25) is 0 Å². The number of hydrogen-bond donors (Lipinski definition) is 2. The zero-order chi connectivity index (χ0) is 14.5. The molecule has 4 nitrogen and oxygen atoms in total. The van der Waals surface area contributed by atoms with Crippen molar-refractivity contribution in [1.29, 1.82) is 0 Å². The summed E-state index contributed by atoms with van der Waals surface area (Å²) in [5.41, 5.74) is 1.21. The zero-order valence-electron chi connectivity index (χ0n) is 13.2. The Labute approximate surface area is 122 Å². The van der Waals surface area contributed by atoms with E-state index in [1.807, 2.05) is 0 Å². The normalized spacial score (nSPS) is 16.2. The Morgan fingerprint density at radius 3 is 2.50 bits per heavy atom. The summed E-state index contributed by atoms with van der Waals surface area (Å²) in [4.78, 5) is 8.89. The highest BCUT2D eigenvalue weighted by Gasteiger charge is 2.24. The molecule has 0 aromatic carbocycles. The first kappa shape index (κ1) is 15.1. The van der Waals surface area contributed by atoms with E-state index in [1.54, 1.807) is 6.33 Å². The molecule has 0 radical (unpaired) electrons. The van der Waals surface area contributed by atoms with E-state index in [0.29, 0.717) is 12.0 Å². The van der Waals surface area contributed by atoms with Crippen molar-refractivity contribution in [1.82, 2.24) is 9.97 Å². The minimum absolute atomic E-state index is 0.409. The smallest absolute Gasteiger partial charge is 0.135 e. The molecule has 0 spiro atoms. The van der Waals surface area contributed by atoms with Gasteiger partial charge in [0.2, 0.25) is 0 Å². The molecule has 0 saturated heterocycles. The number of rotatable bonds is 8. The van der Waals surface area contributed by atoms with E-state index in [9.17, 15) is 0 Å². The van der Waals surface area contributed by atoms with Gasteiger partial charge in [0.25, 0.3) is 0 Å². The lowest BCUT2D eigenvalue weighted by Crippen LogP contribution is -2.19. The molecule has 1 atom stereocenters. The summed E-state index contributed by atoms with van der Waals surface area (Å²) in [5.74, 6) is 3.32. The minimum Gasteiger partial charge on any atom is -0.370 e. The Bertz CT molecular complexity index is 426. The molecule has 1 fully saturated rings. The highest BCUT2D eigenvalue weighted by atomic mass is 15.1. The van der Waals surface area contributed by atoms with E-state index >= 15 is 0 Å². The van der Waals surface area contributed by atoms with Crippen LogP contribution in [0.5, 0.6) is 0 Å². The largest absolute Gasteiger partial charge is 0.370 e. The van der Waals surface area contributed by atoms with Crippen LogP contribution in [0.4, 0.5) is 11.6 Å². The Kier molecular flexibility index (Phi) is 5.21. The third-order valence-electron chi connectivity index (χ3n) is 3.77. The zero-order valence-corrected chi connectivity index (χ0v) is 13.2. The van der Waals surface area contributed by atoms with Crippen molar-refractivity contribution in [3.8, 4) is 0 Å². The molecule has 20 heavy (non-hydrogen) atoms. The molecule has 4 heteroatoms. The van der Waals surface area contributed by atoms with Crippen LogP contribution in [0.1, 0.15) is 64.9 Å². The molecule has 1 aliphatic rings. The summed E-state index contributed by atoms with van der Waals surface area (Å²) in [6, 6.07) is 0.480. The number of nitrogens with zero attached hydrogens (tertiary/aromatic N) is 2. The fourth-order valence-electron chi connectivity index (χ4n) is 2.59.